The van der Waals surface area contributed by atoms with E-state index in [0.717, 1.165) is 83.5 Å². The number of carbonyl (C=O) groups excluding carboxylic acids is 2. The first-order valence-electron chi connectivity index (χ1n) is 31.5. The minimum Gasteiger partial charge on any atom is -0.456 e. The van der Waals surface area contributed by atoms with Gasteiger partial charge in [0.05, 0.1) is 33.8 Å². The number of phosphoric ester groups is 1. The van der Waals surface area contributed by atoms with E-state index in [2.05, 4.69) is 62.5 Å². The number of quaternary nitrogens is 1. The molecule has 1 amide bonds. The zero-order valence-electron chi connectivity index (χ0n) is 49.6. The summed E-state index contributed by atoms with van der Waals surface area (Å²) in [7, 11) is 1.50. The normalized spacial score (nSPS) is 14.0. The van der Waals surface area contributed by atoms with Crippen LogP contribution in [0.5, 0.6) is 0 Å². The van der Waals surface area contributed by atoms with E-state index >= 15 is 0 Å². The molecule has 0 saturated carbocycles. The smallest absolute Gasteiger partial charge is 0.456 e. The number of hydrogen-bond donors (Lipinski definition) is 2. The molecule has 10 heteroatoms. The van der Waals surface area contributed by atoms with E-state index in [1.54, 1.807) is 0 Å². The summed E-state index contributed by atoms with van der Waals surface area (Å²) in [6.45, 7) is 7.01. The molecule has 0 heterocycles. The Bertz CT molecular complexity index is 1410. The Morgan fingerprint density at radius 2 is 0.824 bits per heavy atom. The monoisotopic (exact) mass is 1060 g/mol. The Morgan fingerprint density at radius 1 is 0.473 bits per heavy atom. The number of nitrogens with one attached hydrogen (secondary N) is 1. The summed E-state index contributed by atoms with van der Waals surface area (Å²) in [4.78, 5) is 37.7. The van der Waals surface area contributed by atoms with Crippen LogP contribution in [0.4, 0.5) is 0 Å². The van der Waals surface area contributed by atoms with E-state index in [4.69, 9.17) is 13.8 Å². The minimum atomic E-state index is -4.45. The van der Waals surface area contributed by atoms with Crippen molar-refractivity contribution in [3.05, 3.63) is 48.6 Å². The van der Waals surface area contributed by atoms with E-state index in [0.29, 0.717) is 17.4 Å². The zero-order valence-corrected chi connectivity index (χ0v) is 50.5. The summed E-state index contributed by atoms with van der Waals surface area (Å²) < 4.78 is 30.7. The lowest BCUT2D eigenvalue weighted by molar-refractivity contribution is -0.870. The number of allylic oxidation sites excluding steroid dienone is 7. The molecule has 9 nitrogen and oxygen atoms in total. The summed E-state index contributed by atoms with van der Waals surface area (Å²) in [6.07, 6.45) is 66.7. The topological polar surface area (TPSA) is 111 Å². The van der Waals surface area contributed by atoms with Gasteiger partial charge in [0, 0.05) is 12.8 Å². The Labute approximate surface area is 458 Å². The molecular formula is C64H122N2O7P+. The molecule has 74 heavy (non-hydrogen) atoms. The van der Waals surface area contributed by atoms with Crippen LogP contribution in [0.1, 0.15) is 297 Å². The fourth-order valence-electron chi connectivity index (χ4n) is 9.12. The van der Waals surface area contributed by atoms with Gasteiger partial charge in [-0.3, -0.25) is 18.6 Å². The van der Waals surface area contributed by atoms with Crippen molar-refractivity contribution in [2.45, 2.75) is 309 Å². The summed E-state index contributed by atoms with van der Waals surface area (Å²) >= 11 is 0. The third kappa shape index (κ3) is 54.7. The molecule has 0 aliphatic rings. The Kier molecular flexibility index (Phi) is 52.8. The van der Waals surface area contributed by atoms with Crippen LogP contribution < -0.4 is 5.32 Å². The maximum Gasteiger partial charge on any atom is 0.472 e. The van der Waals surface area contributed by atoms with Crippen molar-refractivity contribution in [3.8, 4) is 0 Å². The number of esters is 1. The maximum atomic E-state index is 13.5. The SMILES string of the molecule is CCCCC/C=C\C/C=C\C/C=C\CCCCCCCCCCC(=O)OC(/C=C/CCCCCCCCCCCCC)C(COP(=O)(O)OCC[N+](C)(C)C)NC(=O)CCCCCCCCCCCCCCCC. The number of unbranched alkanes of at least 4 members (excludes halogenated alkanes) is 35. The molecule has 0 radical (unpaired) electrons. The van der Waals surface area contributed by atoms with Crippen LogP contribution in [0.15, 0.2) is 48.6 Å². The number of nitrogens with zero attached hydrogens (tertiary/aromatic N) is 1. The quantitative estimate of drug-likeness (QED) is 0.0205. The first-order valence-corrected chi connectivity index (χ1v) is 33.0. The zero-order chi connectivity index (χ0) is 54.3. The molecule has 0 aliphatic heterocycles. The number of amides is 1. The van der Waals surface area contributed by atoms with Crippen LogP contribution in [0.25, 0.3) is 0 Å². The van der Waals surface area contributed by atoms with Gasteiger partial charge in [-0.25, -0.2) is 4.57 Å². The van der Waals surface area contributed by atoms with Crippen molar-refractivity contribution in [2.24, 2.45) is 0 Å². The van der Waals surface area contributed by atoms with Gasteiger partial charge in [0.2, 0.25) is 5.91 Å². The van der Waals surface area contributed by atoms with Crippen LogP contribution in [0.2, 0.25) is 0 Å². The van der Waals surface area contributed by atoms with E-state index in [-0.39, 0.29) is 31.5 Å². The standard InChI is InChI=1S/C64H121N2O7P/c1-7-10-13-16-19-22-25-28-30-31-32-33-34-35-36-39-42-45-48-51-54-57-64(68)73-62(55-52-49-46-43-40-37-27-24-21-18-15-12-9-3)61(60-72-74(69,70)71-59-58-66(4,5)6)65-63(67)56-53-50-47-44-41-38-29-26-23-20-17-14-11-8-2/h19,22,28,30,32-33,52,55,61-62H,7-18,20-21,23-27,29,31,34-51,53-54,56-60H2,1-6H3,(H-,65,67,69,70)/p+1/b22-19-,30-28-,33-32-,55-52+. The highest BCUT2D eigenvalue weighted by Crippen LogP contribution is 2.43. The lowest BCUT2D eigenvalue weighted by Crippen LogP contribution is -2.47. The molecule has 0 aromatic carbocycles. The second-order valence-electron chi connectivity index (χ2n) is 22.6. The van der Waals surface area contributed by atoms with E-state index in [1.807, 2.05) is 33.3 Å². The van der Waals surface area contributed by atoms with Crippen molar-refractivity contribution in [2.75, 3.05) is 40.9 Å². The molecule has 0 aliphatic carbocycles. The second-order valence-corrected chi connectivity index (χ2v) is 24.0. The average Bonchev–Trinajstić information content (AvgIpc) is 3.36. The van der Waals surface area contributed by atoms with E-state index in [9.17, 15) is 19.0 Å². The third-order valence-corrected chi connectivity index (χ3v) is 15.0. The molecule has 0 aromatic rings. The van der Waals surface area contributed by atoms with Gasteiger partial charge in [0.15, 0.2) is 0 Å². The number of phosphoric acid groups is 1. The van der Waals surface area contributed by atoms with Gasteiger partial charge < -0.3 is 19.4 Å². The second kappa shape index (κ2) is 54.3. The molecule has 0 aromatic heterocycles. The molecule has 3 unspecified atom stereocenters. The van der Waals surface area contributed by atoms with Crippen LogP contribution in [0.3, 0.4) is 0 Å². The summed E-state index contributed by atoms with van der Waals surface area (Å²) in [5.41, 5.74) is 0. The van der Waals surface area contributed by atoms with Crippen LogP contribution >= 0.6 is 7.82 Å². The first-order chi connectivity index (χ1) is 35.9. The van der Waals surface area contributed by atoms with Gasteiger partial charge in [-0.05, 0) is 70.3 Å². The molecule has 2 N–H and O–H groups in total. The lowest BCUT2D eigenvalue weighted by atomic mass is 10.0. The molecule has 0 rings (SSSR count). The molecule has 0 saturated heterocycles. The number of rotatable bonds is 57. The van der Waals surface area contributed by atoms with Gasteiger partial charge in [-0.2, -0.15) is 0 Å². The third-order valence-electron chi connectivity index (χ3n) is 14.0. The Morgan fingerprint density at radius 3 is 1.26 bits per heavy atom. The molecule has 434 valence electrons. The predicted molar refractivity (Wildman–Crippen MR) is 319 cm³/mol. The number of carbonyl (C=O) groups is 2. The summed E-state index contributed by atoms with van der Waals surface area (Å²) in [5, 5.41) is 3.06. The Balaban J connectivity index is 5.25. The van der Waals surface area contributed by atoms with E-state index < -0.39 is 20.0 Å². The van der Waals surface area contributed by atoms with Crippen molar-refractivity contribution < 1.29 is 37.3 Å². The highest BCUT2D eigenvalue weighted by atomic mass is 31.2. The van der Waals surface area contributed by atoms with Crippen LogP contribution in [0, 0.1) is 0 Å². The average molecular weight is 1060 g/mol. The Hall–Kier alpha value is -2.03. The fourth-order valence-corrected chi connectivity index (χ4v) is 9.86. The number of likely N-dealkylation sites (N-methyl/N-ethyl adjacent to an activating group) is 1. The fraction of sp³-hybridized carbons (Fsp3) is 0.844. The van der Waals surface area contributed by atoms with Gasteiger partial charge in [-0.15, -0.1) is 0 Å². The van der Waals surface area contributed by atoms with Crippen molar-refractivity contribution >= 4 is 19.7 Å². The van der Waals surface area contributed by atoms with Crippen LogP contribution in [-0.4, -0.2) is 74.3 Å². The van der Waals surface area contributed by atoms with Crippen LogP contribution in [-0.2, 0) is 27.9 Å². The summed E-state index contributed by atoms with van der Waals surface area (Å²) in [5.74, 6) is -0.502. The summed E-state index contributed by atoms with van der Waals surface area (Å²) in [6, 6.07) is -0.848. The molecule has 3 atom stereocenters. The first kappa shape index (κ1) is 72.0. The van der Waals surface area contributed by atoms with Crippen molar-refractivity contribution in [1.82, 2.24) is 5.32 Å². The molecule has 0 bridgehead atoms. The molecule has 0 spiro atoms. The highest BCUT2D eigenvalue weighted by Gasteiger charge is 2.30. The van der Waals surface area contributed by atoms with Gasteiger partial charge in [0.1, 0.15) is 19.3 Å². The van der Waals surface area contributed by atoms with Gasteiger partial charge in [0.25, 0.3) is 0 Å². The van der Waals surface area contributed by atoms with Crippen molar-refractivity contribution in [3.63, 3.8) is 0 Å². The number of hydrogen-bond acceptors (Lipinski definition) is 6. The van der Waals surface area contributed by atoms with Gasteiger partial charge >= 0.3 is 13.8 Å². The van der Waals surface area contributed by atoms with E-state index in [1.165, 1.54) is 180 Å². The maximum absolute atomic E-state index is 13.5. The van der Waals surface area contributed by atoms with Gasteiger partial charge in [-0.1, -0.05) is 262 Å². The molecule has 0 fully saturated rings. The number of ether oxygens (including phenoxy) is 1. The minimum absolute atomic E-state index is 0.0402. The molecular weight excluding hydrogens is 940 g/mol. The lowest BCUT2D eigenvalue weighted by Gasteiger charge is -2.27. The van der Waals surface area contributed by atoms with Crippen molar-refractivity contribution in [1.29, 1.82) is 0 Å². The predicted octanol–water partition coefficient (Wildman–Crippen LogP) is 19.3. The highest BCUT2D eigenvalue weighted by molar-refractivity contribution is 7.47. The largest absolute Gasteiger partial charge is 0.472 e.